The normalized spacial score (nSPS) is 16.6. The first-order chi connectivity index (χ1) is 19.3. The molecule has 12 heteroatoms. The Kier molecular flexibility index (Phi) is 8.55. The molecule has 40 heavy (non-hydrogen) atoms. The molecule has 2 fully saturated rings. The summed E-state index contributed by atoms with van der Waals surface area (Å²) < 4.78 is 28.2. The lowest BCUT2D eigenvalue weighted by Crippen LogP contribution is -2.50. The molecule has 0 spiro atoms. The zero-order valence-corrected chi connectivity index (χ0v) is 23.9. The summed E-state index contributed by atoms with van der Waals surface area (Å²) >= 11 is -0.929. The summed E-state index contributed by atoms with van der Waals surface area (Å²) in [5.41, 5.74) is 2.84. The van der Waals surface area contributed by atoms with Gasteiger partial charge in [0.1, 0.15) is 23.3 Å². The molecule has 0 bridgehead atoms. The van der Waals surface area contributed by atoms with Crippen molar-refractivity contribution in [1.82, 2.24) is 30.3 Å². The van der Waals surface area contributed by atoms with Crippen LogP contribution in [0.1, 0.15) is 60.9 Å². The van der Waals surface area contributed by atoms with E-state index in [1.54, 1.807) is 42.3 Å². The third-order valence-electron chi connectivity index (χ3n) is 7.78. The number of hydrogen-bond acceptors (Lipinski definition) is 6. The molecule has 0 aromatic carbocycles. The minimum atomic E-state index is -0.929. The molecule has 2 amide bonds. The molecule has 1 unspecified atom stereocenters. The van der Waals surface area contributed by atoms with Gasteiger partial charge in [-0.2, -0.15) is 14.6 Å². The van der Waals surface area contributed by atoms with Gasteiger partial charge in [-0.3, -0.25) is 19.4 Å². The Labute approximate surface area is 236 Å². The van der Waals surface area contributed by atoms with E-state index < -0.39 is 35.0 Å². The number of hydrogen-bond donors (Lipinski definition) is 3. The second-order valence-electron chi connectivity index (χ2n) is 10.8. The van der Waals surface area contributed by atoms with E-state index >= 15 is 4.39 Å². The largest absolute Gasteiger partial charge is 0.617 e. The Morgan fingerprint density at radius 2 is 1.95 bits per heavy atom. The number of nitrogens with zero attached hydrogens (tertiary/aromatic N) is 4. The van der Waals surface area contributed by atoms with Crippen LogP contribution in [-0.4, -0.2) is 59.4 Å². The molecule has 5 rings (SSSR count). The van der Waals surface area contributed by atoms with Crippen molar-refractivity contribution in [2.24, 2.45) is 17.8 Å². The number of carbonyl (C=O) groups excluding carboxylic acids is 2. The number of pyridine rings is 1. The molecule has 0 aliphatic heterocycles. The molecule has 0 radical (unpaired) electrons. The quantitative estimate of drug-likeness (QED) is 0.212. The molecule has 0 saturated heterocycles. The van der Waals surface area contributed by atoms with E-state index in [0.717, 1.165) is 31.4 Å². The van der Waals surface area contributed by atoms with Crippen molar-refractivity contribution in [3.63, 3.8) is 0 Å². The number of carbonyl (C=O) groups is 2. The second kappa shape index (κ2) is 12.1. The van der Waals surface area contributed by atoms with Crippen molar-refractivity contribution in [2.75, 3.05) is 17.3 Å². The minimum Gasteiger partial charge on any atom is -0.617 e. The van der Waals surface area contributed by atoms with Crippen LogP contribution < -0.4 is 10.6 Å². The van der Waals surface area contributed by atoms with Crippen LogP contribution in [0.3, 0.4) is 0 Å². The molecule has 3 aromatic rings. The van der Waals surface area contributed by atoms with Gasteiger partial charge in [-0.25, -0.2) is 4.98 Å². The van der Waals surface area contributed by atoms with E-state index in [4.69, 9.17) is 0 Å². The van der Waals surface area contributed by atoms with Crippen LogP contribution in [-0.2, 0) is 28.9 Å². The molecule has 2 aliphatic rings. The molecule has 214 valence electrons. The van der Waals surface area contributed by atoms with Gasteiger partial charge in [-0.05, 0) is 75.0 Å². The van der Waals surface area contributed by atoms with E-state index in [2.05, 4.69) is 30.9 Å². The van der Waals surface area contributed by atoms with Gasteiger partial charge < -0.3 is 15.2 Å². The molecule has 2 atom stereocenters. The van der Waals surface area contributed by atoms with Crippen LogP contribution in [0.15, 0.2) is 24.4 Å². The standard InChI is InChI=1S/C28H36FN7O3S/c1-4-20-23(16(2)34-35-20)19-10-11-22(31-26(19)29)32-28(38)25(24(17-6-7-17)18-8-9-18)33-27(37)21-12-13-30-36(21)14-5-15-40(3)39/h10-13,17-18,24-25H,4-9,14-15H2,1-3H3,(H,33,37)(H,34,35)(H,31,32,38)/t25-,40?/m0/s1. The fraction of sp³-hybridized carbons (Fsp3) is 0.536. The van der Waals surface area contributed by atoms with Crippen LogP contribution in [0.2, 0.25) is 0 Å². The van der Waals surface area contributed by atoms with Crippen LogP contribution in [0.25, 0.3) is 11.1 Å². The second-order valence-corrected chi connectivity index (χ2v) is 12.4. The van der Waals surface area contributed by atoms with Gasteiger partial charge in [-0.1, -0.05) is 18.1 Å². The van der Waals surface area contributed by atoms with Gasteiger partial charge in [-0.15, -0.1) is 0 Å². The van der Waals surface area contributed by atoms with Crippen molar-refractivity contribution < 1.29 is 18.5 Å². The van der Waals surface area contributed by atoms with Gasteiger partial charge in [0, 0.05) is 36.0 Å². The average Bonchev–Trinajstić information content (AvgIpc) is 3.85. The molecule has 3 aromatic heterocycles. The summed E-state index contributed by atoms with van der Waals surface area (Å²) in [6.07, 6.45) is 8.58. The van der Waals surface area contributed by atoms with Gasteiger partial charge in [0.15, 0.2) is 0 Å². The minimum absolute atomic E-state index is 0.00708. The zero-order chi connectivity index (χ0) is 28.4. The summed E-state index contributed by atoms with van der Waals surface area (Å²) in [4.78, 5) is 31.1. The van der Waals surface area contributed by atoms with Crippen molar-refractivity contribution >= 4 is 28.8 Å². The Bertz CT molecular complexity index is 1350. The third kappa shape index (κ3) is 6.38. The maximum Gasteiger partial charge on any atom is 0.270 e. The van der Waals surface area contributed by atoms with Gasteiger partial charge >= 0.3 is 0 Å². The lowest BCUT2D eigenvalue weighted by molar-refractivity contribution is -0.119. The molecule has 10 nitrogen and oxygen atoms in total. The van der Waals surface area contributed by atoms with E-state index in [-0.39, 0.29) is 11.7 Å². The average molecular weight is 570 g/mol. The lowest BCUT2D eigenvalue weighted by atomic mass is 9.88. The van der Waals surface area contributed by atoms with Crippen LogP contribution >= 0.6 is 0 Å². The number of aryl methyl sites for hydroxylation is 3. The van der Waals surface area contributed by atoms with Gasteiger partial charge in [0.25, 0.3) is 5.91 Å². The SMILES string of the molecule is CCc1[nH]nc(C)c1-c1ccc(NC(=O)[C@@H](NC(=O)c2ccnn2CCC[S+](C)[O-])C(C2CC2)C2CC2)nc1F. The van der Waals surface area contributed by atoms with Crippen LogP contribution in [0.5, 0.6) is 0 Å². The van der Waals surface area contributed by atoms with Crippen molar-refractivity contribution in [2.45, 2.75) is 65.0 Å². The molecule has 2 aliphatic carbocycles. The van der Waals surface area contributed by atoms with Crippen molar-refractivity contribution in [3.05, 3.63) is 47.4 Å². The highest BCUT2D eigenvalue weighted by molar-refractivity contribution is 7.90. The maximum absolute atomic E-state index is 15.2. The molecule has 3 N–H and O–H groups in total. The van der Waals surface area contributed by atoms with E-state index in [9.17, 15) is 14.1 Å². The number of amides is 2. The predicted molar refractivity (Wildman–Crippen MR) is 150 cm³/mol. The molecular weight excluding hydrogens is 533 g/mol. The number of aromatic nitrogens is 5. The number of H-pyrrole nitrogens is 1. The molecule has 3 heterocycles. The summed E-state index contributed by atoms with van der Waals surface area (Å²) in [6, 6.07) is 4.02. The number of nitrogens with one attached hydrogen (secondary N) is 3. The van der Waals surface area contributed by atoms with E-state index in [1.807, 2.05) is 6.92 Å². The molecule has 2 saturated carbocycles. The number of aromatic amines is 1. The highest BCUT2D eigenvalue weighted by atomic mass is 32.2. The Morgan fingerprint density at radius 3 is 2.58 bits per heavy atom. The summed E-state index contributed by atoms with van der Waals surface area (Å²) in [5, 5.41) is 17.1. The number of anilines is 1. The summed E-state index contributed by atoms with van der Waals surface area (Å²) in [7, 11) is 0. The van der Waals surface area contributed by atoms with Gasteiger partial charge in [0.2, 0.25) is 11.9 Å². The maximum atomic E-state index is 15.2. The first-order valence-electron chi connectivity index (χ1n) is 13.9. The van der Waals surface area contributed by atoms with Gasteiger partial charge in [0.05, 0.1) is 11.9 Å². The predicted octanol–water partition coefficient (Wildman–Crippen LogP) is 3.62. The number of halogens is 1. The Morgan fingerprint density at radius 1 is 1.23 bits per heavy atom. The third-order valence-corrected chi connectivity index (χ3v) is 8.65. The summed E-state index contributed by atoms with van der Waals surface area (Å²) in [6.45, 7) is 4.22. The van der Waals surface area contributed by atoms with E-state index in [0.29, 0.717) is 59.5 Å². The smallest absolute Gasteiger partial charge is 0.270 e. The fourth-order valence-corrected chi connectivity index (χ4v) is 6.09. The van der Waals surface area contributed by atoms with Crippen molar-refractivity contribution in [3.8, 4) is 11.1 Å². The van der Waals surface area contributed by atoms with Crippen LogP contribution in [0, 0.1) is 30.6 Å². The Hall–Kier alpha value is -3.25. The molecular formula is C28H36FN7O3S. The van der Waals surface area contributed by atoms with Crippen molar-refractivity contribution in [1.29, 1.82) is 0 Å². The van der Waals surface area contributed by atoms with Crippen LogP contribution in [0.4, 0.5) is 10.2 Å². The fourth-order valence-electron chi connectivity index (χ4n) is 5.55. The topological polar surface area (TPSA) is 141 Å². The highest BCUT2D eigenvalue weighted by Gasteiger charge is 2.48. The highest BCUT2D eigenvalue weighted by Crippen LogP contribution is 2.51. The summed E-state index contributed by atoms with van der Waals surface area (Å²) in [5.74, 6) is -0.139. The first-order valence-corrected chi connectivity index (χ1v) is 15.6. The Balaban J connectivity index is 1.34. The first kappa shape index (κ1) is 28.3. The lowest BCUT2D eigenvalue weighted by Gasteiger charge is -2.27. The van der Waals surface area contributed by atoms with E-state index in [1.165, 1.54) is 0 Å². The monoisotopic (exact) mass is 569 g/mol. The zero-order valence-electron chi connectivity index (χ0n) is 23.1. The number of rotatable bonds is 13.